The molecule has 0 aromatic heterocycles. The first-order valence-electron chi connectivity index (χ1n) is 10.5. The van der Waals surface area contributed by atoms with E-state index >= 15 is 0 Å². The molecule has 0 radical (unpaired) electrons. The molecule has 0 spiro atoms. The van der Waals surface area contributed by atoms with Crippen molar-refractivity contribution in [1.82, 2.24) is 5.32 Å². The lowest BCUT2D eigenvalue weighted by molar-refractivity contribution is 0.0939. The second kappa shape index (κ2) is 10.3. The fraction of sp³-hybridized carbons (Fsp3) is 0.240. The molecule has 33 heavy (non-hydrogen) atoms. The van der Waals surface area contributed by atoms with Crippen LogP contribution in [0, 0.1) is 13.8 Å². The van der Waals surface area contributed by atoms with Crippen LogP contribution in [-0.2, 0) is 10.0 Å². The van der Waals surface area contributed by atoms with Gasteiger partial charge in [0.1, 0.15) is 10.6 Å². The Morgan fingerprint density at radius 1 is 1.00 bits per heavy atom. The summed E-state index contributed by atoms with van der Waals surface area (Å²) in [5.41, 5.74) is 3.52. The Balaban J connectivity index is 1.79. The van der Waals surface area contributed by atoms with E-state index in [1.165, 1.54) is 18.2 Å². The van der Waals surface area contributed by atoms with E-state index in [-0.39, 0.29) is 21.5 Å². The molecular formula is C25H27ClN2O4S. The van der Waals surface area contributed by atoms with E-state index in [2.05, 4.69) is 10.0 Å². The molecule has 1 amide bonds. The number of hydrogen-bond donors (Lipinski definition) is 2. The van der Waals surface area contributed by atoms with Gasteiger partial charge in [-0.05, 0) is 86.8 Å². The fourth-order valence-electron chi connectivity index (χ4n) is 3.25. The molecule has 0 fully saturated rings. The summed E-state index contributed by atoms with van der Waals surface area (Å²) < 4.78 is 33.9. The standard InChI is InChI=1S/C25H27ClN2O4S/c1-5-32-22-11-7-19(8-12-22)18(4)27-25(29)20-9-13-23(26)24(15-20)33(30,31)28-21-10-6-16(2)17(3)14-21/h6-15,18,28H,5H2,1-4H3,(H,27,29)/t18-/m0/s1. The molecular weight excluding hydrogens is 460 g/mol. The number of benzene rings is 3. The van der Waals surface area contributed by atoms with Gasteiger partial charge in [0.2, 0.25) is 0 Å². The molecule has 2 N–H and O–H groups in total. The molecule has 0 aliphatic rings. The Bertz CT molecular complexity index is 1260. The summed E-state index contributed by atoms with van der Waals surface area (Å²) in [6, 6.07) is 16.6. The number of aryl methyl sites for hydroxylation is 2. The zero-order chi connectivity index (χ0) is 24.2. The van der Waals surface area contributed by atoms with E-state index in [9.17, 15) is 13.2 Å². The predicted molar refractivity (Wildman–Crippen MR) is 132 cm³/mol. The lowest BCUT2D eigenvalue weighted by atomic mass is 10.1. The molecule has 0 saturated carbocycles. The minimum absolute atomic E-state index is 0.0300. The minimum atomic E-state index is -4.00. The van der Waals surface area contributed by atoms with Crippen molar-refractivity contribution in [2.75, 3.05) is 11.3 Å². The van der Waals surface area contributed by atoms with Gasteiger partial charge in [0, 0.05) is 11.3 Å². The SMILES string of the molecule is CCOc1ccc([C@H](C)NC(=O)c2ccc(Cl)c(S(=O)(=O)Nc3ccc(C)c(C)c3)c2)cc1. The van der Waals surface area contributed by atoms with Gasteiger partial charge < -0.3 is 10.1 Å². The normalized spacial score (nSPS) is 12.2. The van der Waals surface area contributed by atoms with Crippen LogP contribution >= 0.6 is 11.6 Å². The van der Waals surface area contributed by atoms with Gasteiger partial charge in [0.15, 0.2) is 0 Å². The van der Waals surface area contributed by atoms with Crippen LogP contribution in [0.25, 0.3) is 0 Å². The summed E-state index contributed by atoms with van der Waals surface area (Å²) in [6.45, 7) is 8.18. The molecule has 0 bridgehead atoms. The molecule has 3 rings (SSSR count). The van der Waals surface area contributed by atoms with E-state index < -0.39 is 15.9 Å². The summed E-state index contributed by atoms with van der Waals surface area (Å²) in [5, 5.41) is 2.92. The number of ether oxygens (including phenoxy) is 1. The second-order valence-electron chi connectivity index (χ2n) is 7.75. The van der Waals surface area contributed by atoms with E-state index in [1.807, 2.05) is 58.0 Å². The highest BCUT2D eigenvalue weighted by atomic mass is 35.5. The maximum Gasteiger partial charge on any atom is 0.263 e. The quantitative estimate of drug-likeness (QED) is 0.431. The van der Waals surface area contributed by atoms with Crippen molar-refractivity contribution in [3.8, 4) is 5.75 Å². The van der Waals surface area contributed by atoms with Crippen LogP contribution in [0.1, 0.15) is 46.9 Å². The first-order valence-corrected chi connectivity index (χ1v) is 12.4. The fourth-order valence-corrected chi connectivity index (χ4v) is 4.82. The maximum atomic E-state index is 13.0. The van der Waals surface area contributed by atoms with Gasteiger partial charge in [-0.25, -0.2) is 8.42 Å². The van der Waals surface area contributed by atoms with Crippen molar-refractivity contribution >= 4 is 33.2 Å². The van der Waals surface area contributed by atoms with Crippen molar-refractivity contribution in [2.24, 2.45) is 0 Å². The number of amides is 1. The van der Waals surface area contributed by atoms with Crippen molar-refractivity contribution in [3.63, 3.8) is 0 Å². The third kappa shape index (κ3) is 6.06. The summed E-state index contributed by atoms with van der Waals surface area (Å²) in [4.78, 5) is 12.7. The Morgan fingerprint density at radius 2 is 1.70 bits per heavy atom. The van der Waals surface area contributed by atoms with Crippen LogP contribution in [0.4, 0.5) is 5.69 Å². The zero-order valence-corrected chi connectivity index (χ0v) is 20.5. The highest BCUT2D eigenvalue weighted by Gasteiger charge is 2.21. The van der Waals surface area contributed by atoms with Gasteiger partial charge in [-0.1, -0.05) is 29.8 Å². The number of anilines is 1. The summed E-state index contributed by atoms with van der Waals surface area (Å²) in [6.07, 6.45) is 0. The zero-order valence-electron chi connectivity index (χ0n) is 19.0. The number of carbonyl (C=O) groups excluding carboxylic acids is 1. The molecule has 8 heteroatoms. The molecule has 3 aromatic rings. The average Bonchev–Trinajstić information content (AvgIpc) is 2.77. The molecule has 174 valence electrons. The molecule has 6 nitrogen and oxygen atoms in total. The largest absolute Gasteiger partial charge is 0.494 e. The first-order chi connectivity index (χ1) is 15.6. The smallest absolute Gasteiger partial charge is 0.263 e. The molecule has 0 unspecified atom stereocenters. The van der Waals surface area contributed by atoms with Gasteiger partial charge in [-0.2, -0.15) is 0 Å². The predicted octanol–water partition coefficient (Wildman–Crippen LogP) is 5.65. The molecule has 0 saturated heterocycles. The number of halogens is 1. The van der Waals surface area contributed by atoms with Crippen molar-refractivity contribution < 1.29 is 17.9 Å². The average molecular weight is 487 g/mol. The Kier molecular flexibility index (Phi) is 7.66. The Labute approximate surface area is 200 Å². The third-order valence-corrected chi connectivity index (χ3v) is 7.14. The highest BCUT2D eigenvalue weighted by molar-refractivity contribution is 7.92. The second-order valence-corrected chi connectivity index (χ2v) is 9.80. The lowest BCUT2D eigenvalue weighted by Crippen LogP contribution is -2.27. The minimum Gasteiger partial charge on any atom is -0.494 e. The van der Waals surface area contributed by atoms with Crippen LogP contribution < -0.4 is 14.8 Å². The molecule has 0 aliphatic heterocycles. The lowest BCUT2D eigenvalue weighted by Gasteiger charge is -2.16. The number of rotatable bonds is 8. The maximum absolute atomic E-state index is 13.0. The number of hydrogen-bond acceptors (Lipinski definition) is 4. The van der Waals surface area contributed by atoms with Gasteiger partial charge in [-0.3, -0.25) is 9.52 Å². The third-order valence-electron chi connectivity index (χ3n) is 5.28. The van der Waals surface area contributed by atoms with Crippen LogP contribution in [0.2, 0.25) is 5.02 Å². The topological polar surface area (TPSA) is 84.5 Å². The van der Waals surface area contributed by atoms with Crippen LogP contribution in [-0.4, -0.2) is 20.9 Å². The number of carbonyl (C=O) groups is 1. The van der Waals surface area contributed by atoms with E-state index in [4.69, 9.17) is 16.3 Å². The summed E-state index contributed by atoms with van der Waals surface area (Å²) in [7, 11) is -4.00. The molecule has 3 aromatic carbocycles. The van der Waals surface area contributed by atoms with Gasteiger partial charge >= 0.3 is 0 Å². The molecule has 1 atom stereocenters. The Morgan fingerprint density at radius 3 is 2.33 bits per heavy atom. The number of nitrogens with one attached hydrogen (secondary N) is 2. The van der Waals surface area contributed by atoms with Crippen molar-refractivity contribution in [1.29, 1.82) is 0 Å². The van der Waals surface area contributed by atoms with Crippen molar-refractivity contribution in [2.45, 2.75) is 38.6 Å². The molecule has 0 aliphatic carbocycles. The summed E-state index contributed by atoms with van der Waals surface area (Å²) in [5.74, 6) is 0.347. The van der Waals surface area contributed by atoms with E-state index in [0.717, 1.165) is 22.4 Å². The monoisotopic (exact) mass is 486 g/mol. The molecule has 0 heterocycles. The van der Waals surface area contributed by atoms with Crippen LogP contribution in [0.15, 0.2) is 65.6 Å². The first kappa shape index (κ1) is 24.6. The number of sulfonamides is 1. The Hall–Kier alpha value is -3.03. The van der Waals surface area contributed by atoms with E-state index in [0.29, 0.717) is 12.3 Å². The van der Waals surface area contributed by atoms with Gasteiger partial charge in [0.25, 0.3) is 15.9 Å². The van der Waals surface area contributed by atoms with Crippen LogP contribution in [0.5, 0.6) is 5.75 Å². The van der Waals surface area contributed by atoms with Crippen molar-refractivity contribution in [3.05, 3.63) is 87.9 Å². The van der Waals surface area contributed by atoms with E-state index in [1.54, 1.807) is 12.1 Å². The van der Waals surface area contributed by atoms with Gasteiger partial charge in [0.05, 0.1) is 17.7 Å². The van der Waals surface area contributed by atoms with Crippen LogP contribution in [0.3, 0.4) is 0 Å². The highest BCUT2D eigenvalue weighted by Crippen LogP contribution is 2.26. The van der Waals surface area contributed by atoms with Gasteiger partial charge in [-0.15, -0.1) is 0 Å². The summed E-state index contributed by atoms with van der Waals surface area (Å²) >= 11 is 6.19.